The van der Waals surface area contributed by atoms with E-state index in [1.54, 1.807) is 26.1 Å². The van der Waals surface area contributed by atoms with Crippen molar-refractivity contribution in [3.8, 4) is 0 Å². The molecular formula is C23H19F2N3O3. The molecule has 0 saturated carbocycles. The van der Waals surface area contributed by atoms with E-state index in [-0.39, 0.29) is 30.3 Å². The van der Waals surface area contributed by atoms with Crippen LogP contribution in [-0.4, -0.2) is 34.4 Å². The van der Waals surface area contributed by atoms with Crippen LogP contribution in [-0.2, 0) is 11.3 Å². The first kappa shape index (κ1) is 19.4. The summed E-state index contributed by atoms with van der Waals surface area (Å²) in [5.41, 5.74) is 2.48. The summed E-state index contributed by atoms with van der Waals surface area (Å²) >= 11 is 0. The van der Waals surface area contributed by atoms with Gasteiger partial charge in [-0.1, -0.05) is 6.07 Å². The molecule has 0 saturated heterocycles. The second kappa shape index (κ2) is 7.02. The zero-order valence-electron chi connectivity index (χ0n) is 16.9. The van der Waals surface area contributed by atoms with Crippen molar-refractivity contribution in [2.45, 2.75) is 19.6 Å². The minimum atomic E-state index is -0.508. The van der Waals surface area contributed by atoms with Crippen molar-refractivity contribution in [2.24, 2.45) is 0 Å². The molecule has 1 aliphatic heterocycles. The van der Waals surface area contributed by atoms with E-state index in [0.29, 0.717) is 22.3 Å². The average molecular weight is 423 g/mol. The lowest BCUT2D eigenvalue weighted by atomic mass is 9.95. The van der Waals surface area contributed by atoms with E-state index in [1.165, 1.54) is 29.2 Å². The van der Waals surface area contributed by atoms with Gasteiger partial charge in [0.25, 0.3) is 11.5 Å². The number of H-pyrrole nitrogens is 2. The van der Waals surface area contributed by atoms with E-state index < -0.39 is 17.4 Å². The summed E-state index contributed by atoms with van der Waals surface area (Å²) in [5.74, 6) is -1.19. The van der Waals surface area contributed by atoms with Gasteiger partial charge in [0.2, 0.25) is 0 Å². The molecule has 5 rings (SSSR count). The molecule has 6 nitrogen and oxygen atoms in total. The molecule has 2 aromatic carbocycles. The maximum atomic E-state index is 13.7. The summed E-state index contributed by atoms with van der Waals surface area (Å²) < 4.78 is 33.1. The number of nitrogens with zero attached hydrogens (tertiary/aromatic N) is 1. The first-order valence-corrected chi connectivity index (χ1v) is 9.81. The van der Waals surface area contributed by atoms with Crippen LogP contribution < -0.4 is 5.56 Å². The topological polar surface area (TPSA) is 78.2 Å². The highest BCUT2D eigenvalue weighted by atomic mass is 19.1. The number of ether oxygens (including phenoxy) is 1. The number of carbonyl (C=O) groups excluding carboxylic acids is 1. The van der Waals surface area contributed by atoms with Gasteiger partial charge in [0.05, 0.1) is 24.6 Å². The molecule has 0 fully saturated rings. The number of aromatic amines is 2. The highest BCUT2D eigenvalue weighted by Gasteiger charge is 2.31. The molecule has 0 aliphatic carbocycles. The van der Waals surface area contributed by atoms with Crippen LogP contribution in [0.15, 0.2) is 41.2 Å². The quantitative estimate of drug-likeness (QED) is 0.513. The average Bonchev–Trinajstić information content (AvgIpc) is 3.17. The van der Waals surface area contributed by atoms with E-state index in [2.05, 4.69) is 9.97 Å². The number of pyridine rings is 1. The lowest BCUT2D eigenvalue weighted by molar-refractivity contribution is 0.0333. The number of hydrogen-bond donors (Lipinski definition) is 2. The van der Waals surface area contributed by atoms with Gasteiger partial charge in [-0.3, -0.25) is 9.59 Å². The standard InChI is InChI=1S/C23H19F2N3O3/c1-11-5-13(25)7-17-15(11)8-18(26-17)23(30)28(2)20-10-31-9-19-21(20)14-4-3-12(24)6-16(14)22(29)27-19/h3-8,20,26H,9-10H2,1-2H3,(H,27,29). The third-order valence-corrected chi connectivity index (χ3v) is 5.89. The van der Waals surface area contributed by atoms with Gasteiger partial charge in [-0.05, 0) is 48.2 Å². The lowest BCUT2D eigenvalue weighted by Gasteiger charge is -2.33. The van der Waals surface area contributed by atoms with Gasteiger partial charge in [-0.15, -0.1) is 0 Å². The fourth-order valence-corrected chi connectivity index (χ4v) is 4.35. The number of amides is 1. The molecule has 2 aromatic heterocycles. The Morgan fingerprint density at radius 1 is 1.06 bits per heavy atom. The molecule has 1 amide bonds. The van der Waals surface area contributed by atoms with E-state index in [0.717, 1.165) is 16.5 Å². The van der Waals surface area contributed by atoms with E-state index in [4.69, 9.17) is 4.74 Å². The number of benzene rings is 2. The Balaban J connectivity index is 1.60. The van der Waals surface area contributed by atoms with Crippen molar-refractivity contribution < 1.29 is 18.3 Å². The van der Waals surface area contributed by atoms with Crippen LogP contribution in [0.2, 0.25) is 0 Å². The van der Waals surface area contributed by atoms with E-state index in [1.807, 2.05) is 0 Å². The zero-order valence-corrected chi connectivity index (χ0v) is 16.9. The van der Waals surface area contributed by atoms with Crippen molar-refractivity contribution in [1.82, 2.24) is 14.9 Å². The Morgan fingerprint density at radius 2 is 1.87 bits per heavy atom. The fourth-order valence-electron chi connectivity index (χ4n) is 4.35. The molecule has 158 valence electrons. The first-order valence-electron chi connectivity index (χ1n) is 9.81. The molecule has 0 bridgehead atoms. The highest BCUT2D eigenvalue weighted by Crippen LogP contribution is 2.34. The molecule has 0 spiro atoms. The van der Waals surface area contributed by atoms with Gasteiger partial charge in [0.1, 0.15) is 17.3 Å². The van der Waals surface area contributed by atoms with Crippen LogP contribution in [0.4, 0.5) is 8.78 Å². The Labute approximate surface area is 175 Å². The minimum Gasteiger partial charge on any atom is -0.373 e. The van der Waals surface area contributed by atoms with Crippen LogP contribution in [0.1, 0.15) is 33.4 Å². The lowest BCUT2D eigenvalue weighted by Crippen LogP contribution is -2.37. The molecule has 2 N–H and O–H groups in total. The summed E-state index contributed by atoms with van der Waals surface area (Å²) in [6.07, 6.45) is 0. The number of hydrogen-bond acceptors (Lipinski definition) is 3. The highest BCUT2D eigenvalue weighted by molar-refractivity contribution is 5.99. The van der Waals surface area contributed by atoms with Crippen molar-refractivity contribution >= 4 is 27.6 Å². The van der Waals surface area contributed by atoms with Gasteiger partial charge < -0.3 is 19.6 Å². The van der Waals surface area contributed by atoms with Gasteiger partial charge in [0.15, 0.2) is 0 Å². The largest absolute Gasteiger partial charge is 0.373 e. The predicted octanol–water partition coefficient (Wildman–Crippen LogP) is 3.94. The number of nitrogens with one attached hydrogen (secondary N) is 2. The summed E-state index contributed by atoms with van der Waals surface area (Å²) in [7, 11) is 1.64. The summed E-state index contributed by atoms with van der Waals surface area (Å²) in [6, 6.07) is 8.03. The molecule has 1 unspecified atom stereocenters. The number of likely N-dealkylation sites (N-methyl/N-ethyl adjacent to an activating group) is 1. The Bertz CT molecular complexity index is 1420. The smallest absolute Gasteiger partial charge is 0.270 e. The molecule has 3 heterocycles. The van der Waals surface area contributed by atoms with Crippen LogP contribution in [0.5, 0.6) is 0 Å². The van der Waals surface area contributed by atoms with Crippen molar-refractivity contribution in [3.63, 3.8) is 0 Å². The summed E-state index contributed by atoms with van der Waals surface area (Å²) in [6.45, 7) is 2.20. The molecule has 1 atom stereocenters. The van der Waals surface area contributed by atoms with Crippen LogP contribution in [0.3, 0.4) is 0 Å². The molecule has 4 aromatic rings. The van der Waals surface area contributed by atoms with Crippen LogP contribution >= 0.6 is 0 Å². The number of rotatable bonds is 2. The van der Waals surface area contributed by atoms with E-state index in [9.17, 15) is 18.4 Å². The third kappa shape index (κ3) is 3.11. The van der Waals surface area contributed by atoms with Crippen molar-refractivity contribution in [3.05, 3.63) is 80.9 Å². The first-order chi connectivity index (χ1) is 14.8. The fraction of sp³-hybridized carbons (Fsp3) is 0.217. The molecular weight excluding hydrogens is 404 g/mol. The van der Waals surface area contributed by atoms with Crippen molar-refractivity contribution in [2.75, 3.05) is 13.7 Å². The van der Waals surface area contributed by atoms with Gasteiger partial charge in [-0.25, -0.2) is 8.78 Å². The van der Waals surface area contributed by atoms with E-state index >= 15 is 0 Å². The monoisotopic (exact) mass is 423 g/mol. The predicted molar refractivity (Wildman–Crippen MR) is 112 cm³/mol. The molecule has 31 heavy (non-hydrogen) atoms. The van der Waals surface area contributed by atoms with Gasteiger partial charge in [-0.2, -0.15) is 0 Å². The van der Waals surface area contributed by atoms with Crippen LogP contribution in [0, 0.1) is 18.6 Å². The van der Waals surface area contributed by atoms with Crippen molar-refractivity contribution in [1.29, 1.82) is 0 Å². The normalized spacial score (nSPS) is 15.9. The maximum absolute atomic E-state index is 13.7. The van der Waals surface area contributed by atoms with Gasteiger partial charge in [0, 0.05) is 29.2 Å². The summed E-state index contributed by atoms with van der Waals surface area (Å²) in [5, 5.41) is 1.58. The number of aryl methyl sites for hydroxylation is 1. The Hall–Kier alpha value is -3.52. The Morgan fingerprint density at radius 3 is 2.68 bits per heavy atom. The Kier molecular flexibility index (Phi) is 4.40. The maximum Gasteiger partial charge on any atom is 0.270 e. The number of fused-ring (bicyclic) bond motifs is 4. The minimum absolute atomic E-state index is 0.196. The third-order valence-electron chi connectivity index (χ3n) is 5.89. The number of halogens is 2. The van der Waals surface area contributed by atoms with Gasteiger partial charge >= 0.3 is 0 Å². The molecule has 1 aliphatic rings. The molecule has 8 heteroatoms. The molecule has 0 radical (unpaired) electrons. The second-order valence-corrected chi connectivity index (χ2v) is 7.85. The summed E-state index contributed by atoms with van der Waals surface area (Å²) in [4.78, 5) is 33.0. The second-order valence-electron chi connectivity index (χ2n) is 7.85. The number of carbonyl (C=O) groups is 1. The number of aromatic nitrogens is 2. The SMILES string of the molecule is Cc1cc(F)cc2[nH]c(C(=O)N(C)C3COCc4[nH]c(=O)c5cc(F)ccc5c43)cc12. The van der Waals surface area contributed by atoms with Crippen LogP contribution in [0.25, 0.3) is 21.7 Å². The zero-order chi connectivity index (χ0) is 21.9.